The summed E-state index contributed by atoms with van der Waals surface area (Å²) >= 11 is 0. The molecule has 1 fully saturated rings. The Morgan fingerprint density at radius 2 is 1.61 bits per heavy atom. The molecule has 0 bridgehead atoms. The zero-order chi connectivity index (χ0) is 19.8. The second kappa shape index (κ2) is 9.99. The third-order valence-corrected chi connectivity index (χ3v) is 4.91. The average Bonchev–Trinajstić information content (AvgIpc) is 2.98. The van der Waals surface area contributed by atoms with Crippen molar-refractivity contribution in [1.82, 2.24) is 15.1 Å². The summed E-state index contributed by atoms with van der Waals surface area (Å²) in [4.78, 5) is 28.3. The molecule has 0 spiro atoms. The van der Waals surface area contributed by atoms with Crippen LogP contribution in [0, 0.1) is 0 Å². The minimum absolute atomic E-state index is 0.0451. The van der Waals surface area contributed by atoms with Crippen LogP contribution < -0.4 is 5.32 Å². The van der Waals surface area contributed by atoms with E-state index in [1.54, 1.807) is 35.2 Å². The van der Waals surface area contributed by atoms with Crippen LogP contribution in [0.15, 0.2) is 60.7 Å². The summed E-state index contributed by atoms with van der Waals surface area (Å²) < 4.78 is 14.5. The lowest BCUT2D eigenvalue weighted by molar-refractivity contribution is -0.136. The first-order chi connectivity index (χ1) is 13.6. The van der Waals surface area contributed by atoms with Crippen LogP contribution in [0.2, 0.25) is 0 Å². The van der Waals surface area contributed by atoms with E-state index in [2.05, 4.69) is 5.32 Å². The molecule has 3 rings (SSSR count). The van der Waals surface area contributed by atoms with Crippen LogP contribution in [-0.2, 0) is 16.1 Å². The summed E-state index contributed by atoms with van der Waals surface area (Å²) in [5.41, 5.74) is 1.44. The fourth-order valence-electron chi connectivity index (χ4n) is 3.33. The number of hydrogen-bond donors (Lipinski definition) is 1. The second-order valence-electron chi connectivity index (χ2n) is 6.99. The van der Waals surface area contributed by atoms with Gasteiger partial charge in [-0.2, -0.15) is 0 Å². The summed E-state index contributed by atoms with van der Waals surface area (Å²) in [5, 5.41) is 2.92. The van der Waals surface area contributed by atoms with Crippen LogP contribution in [0.4, 0.5) is 4.39 Å². The largest absolute Gasteiger partial charge is 0.351 e. The van der Waals surface area contributed by atoms with Gasteiger partial charge in [-0.1, -0.05) is 60.7 Å². The molecular weight excluding hydrogens is 357 g/mol. The number of hydrogen-bond acceptors (Lipinski definition) is 3. The van der Waals surface area contributed by atoms with Crippen molar-refractivity contribution >= 4 is 11.8 Å². The first-order valence-electron chi connectivity index (χ1n) is 9.64. The van der Waals surface area contributed by atoms with Gasteiger partial charge in [0.2, 0.25) is 12.1 Å². The van der Waals surface area contributed by atoms with Gasteiger partial charge in [0.05, 0.1) is 6.54 Å². The first kappa shape index (κ1) is 20.0. The van der Waals surface area contributed by atoms with Crippen molar-refractivity contribution in [3.8, 4) is 0 Å². The number of nitrogens with zero attached hydrogens (tertiary/aromatic N) is 2. The van der Waals surface area contributed by atoms with Crippen LogP contribution >= 0.6 is 0 Å². The Labute approximate surface area is 165 Å². The van der Waals surface area contributed by atoms with Gasteiger partial charge in [-0.15, -0.1) is 0 Å². The van der Waals surface area contributed by atoms with Crippen LogP contribution in [0.5, 0.6) is 0 Å². The van der Waals surface area contributed by atoms with E-state index in [0.717, 1.165) is 12.0 Å². The Morgan fingerprint density at radius 1 is 0.929 bits per heavy atom. The second-order valence-corrected chi connectivity index (χ2v) is 6.99. The molecular formula is C22H26FN3O2. The lowest BCUT2D eigenvalue weighted by Gasteiger charge is -2.23. The van der Waals surface area contributed by atoms with Gasteiger partial charge < -0.3 is 10.2 Å². The van der Waals surface area contributed by atoms with Crippen molar-refractivity contribution in [2.75, 3.05) is 32.7 Å². The third-order valence-electron chi connectivity index (χ3n) is 4.91. The maximum absolute atomic E-state index is 14.5. The molecule has 2 aromatic carbocycles. The normalized spacial score (nSPS) is 16.2. The van der Waals surface area contributed by atoms with Crippen molar-refractivity contribution in [3.05, 3.63) is 71.8 Å². The zero-order valence-electron chi connectivity index (χ0n) is 15.9. The number of amides is 2. The number of carbonyl (C=O) groups is 2. The molecule has 0 aromatic heterocycles. The van der Waals surface area contributed by atoms with Crippen LogP contribution in [0.1, 0.15) is 23.7 Å². The molecule has 2 aromatic rings. The van der Waals surface area contributed by atoms with E-state index in [4.69, 9.17) is 0 Å². The maximum Gasteiger partial charge on any atom is 0.261 e. The summed E-state index contributed by atoms with van der Waals surface area (Å²) in [5.74, 6) is -0.544. The van der Waals surface area contributed by atoms with E-state index in [1.165, 1.54) is 0 Å². The molecule has 2 amide bonds. The number of alkyl halides is 1. The van der Waals surface area contributed by atoms with Crippen molar-refractivity contribution in [1.29, 1.82) is 0 Å². The highest BCUT2D eigenvalue weighted by Crippen LogP contribution is 2.20. The number of halogens is 1. The van der Waals surface area contributed by atoms with E-state index in [-0.39, 0.29) is 12.5 Å². The van der Waals surface area contributed by atoms with E-state index in [0.29, 0.717) is 38.3 Å². The molecule has 28 heavy (non-hydrogen) atoms. The molecule has 0 radical (unpaired) electrons. The summed E-state index contributed by atoms with van der Waals surface area (Å²) in [6.07, 6.45) is -0.916. The van der Waals surface area contributed by atoms with Crippen LogP contribution in [0.25, 0.3) is 0 Å². The third kappa shape index (κ3) is 5.63. The highest BCUT2D eigenvalue weighted by atomic mass is 19.1. The van der Waals surface area contributed by atoms with Gasteiger partial charge in [0.25, 0.3) is 5.91 Å². The molecule has 1 atom stereocenters. The molecule has 1 aliphatic rings. The number of benzene rings is 2. The van der Waals surface area contributed by atoms with Gasteiger partial charge in [0.1, 0.15) is 0 Å². The minimum atomic E-state index is -1.64. The standard InChI is InChI=1S/C22H26FN3O2/c23-21(19-10-5-2-6-11-19)22(28)26-13-7-12-25(14-15-26)17-20(27)24-16-18-8-3-1-4-9-18/h1-6,8-11,21H,7,12-17H2,(H,24,27). The monoisotopic (exact) mass is 383 g/mol. The Balaban J connectivity index is 1.46. The van der Waals surface area contributed by atoms with E-state index in [9.17, 15) is 14.0 Å². The summed E-state index contributed by atoms with van der Waals surface area (Å²) in [6.45, 7) is 2.99. The Kier molecular flexibility index (Phi) is 7.14. The molecule has 1 heterocycles. The van der Waals surface area contributed by atoms with Gasteiger partial charge in [0.15, 0.2) is 0 Å². The van der Waals surface area contributed by atoms with Gasteiger partial charge >= 0.3 is 0 Å². The topological polar surface area (TPSA) is 52.7 Å². The summed E-state index contributed by atoms with van der Waals surface area (Å²) in [6, 6.07) is 18.3. The predicted octanol–water partition coefficient (Wildman–Crippen LogP) is 2.55. The van der Waals surface area contributed by atoms with Crippen molar-refractivity contribution in [2.45, 2.75) is 19.1 Å². The first-order valence-corrected chi connectivity index (χ1v) is 9.64. The number of carbonyl (C=O) groups excluding carboxylic acids is 2. The molecule has 1 saturated heterocycles. The van der Waals surface area contributed by atoms with Gasteiger partial charge in [0, 0.05) is 32.7 Å². The zero-order valence-corrected chi connectivity index (χ0v) is 15.9. The lowest BCUT2D eigenvalue weighted by atomic mass is 10.1. The molecule has 5 nitrogen and oxygen atoms in total. The number of rotatable bonds is 6. The SMILES string of the molecule is O=C(CN1CCCN(C(=O)C(F)c2ccccc2)CC1)NCc1ccccc1. The number of nitrogens with one attached hydrogen (secondary N) is 1. The maximum atomic E-state index is 14.5. The predicted molar refractivity (Wildman–Crippen MR) is 106 cm³/mol. The lowest BCUT2D eigenvalue weighted by Crippen LogP contribution is -2.40. The highest BCUT2D eigenvalue weighted by Gasteiger charge is 2.27. The molecule has 148 valence electrons. The molecule has 1 unspecified atom stereocenters. The smallest absolute Gasteiger partial charge is 0.261 e. The van der Waals surface area contributed by atoms with Crippen LogP contribution in [0.3, 0.4) is 0 Å². The average molecular weight is 383 g/mol. The fourth-order valence-corrected chi connectivity index (χ4v) is 3.33. The molecule has 1 aliphatic heterocycles. The highest BCUT2D eigenvalue weighted by molar-refractivity contribution is 5.82. The van der Waals surface area contributed by atoms with Crippen molar-refractivity contribution in [2.24, 2.45) is 0 Å². The quantitative estimate of drug-likeness (QED) is 0.834. The van der Waals surface area contributed by atoms with E-state index >= 15 is 0 Å². The fraction of sp³-hybridized carbons (Fsp3) is 0.364. The van der Waals surface area contributed by atoms with E-state index in [1.807, 2.05) is 35.2 Å². The van der Waals surface area contributed by atoms with Crippen LogP contribution in [-0.4, -0.2) is 54.3 Å². The van der Waals surface area contributed by atoms with E-state index < -0.39 is 12.1 Å². The molecule has 0 aliphatic carbocycles. The Bertz CT molecular complexity index is 770. The van der Waals surface area contributed by atoms with Gasteiger partial charge in [-0.25, -0.2) is 4.39 Å². The Hall–Kier alpha value is -2.73. The van der Waals surface area contributed by atoms with Crippen molar-refractivity contribution < 1.29 is 14.0 Å². The molecule has 1 N–H and O–H groups in total. The molecule has 6 heteroatoms. The van der Waals surface area contributed by atoms with Gasteiger partial charge in [-0.3, -0.25) is 14.5 Å². The van der Waals surface area contributed by atoms with Crippen molar-refractivity contribution in [3.63, 3.8) is 0 Å². The minimum Gasteiger partial charge on any atom is -0.351 e. The van der Waals surface area contributed by atoms with Gasteiger partial charge in [-0.05, 0) is 17.5 Å². The Morgan fingerprint density at radius 3 is 2.32 bits per heavy atom. The molecule has 0 saturated carbocycles. The summed E-state index contributed by atoms with van der Waals surface area (Å²) in [7, 11) is 0.